The number of Topliss-reactive ketones (excluding diaryl/α,β-unsaturated/α-hetero) is 1. The van der Waals surface area contributed by atoms with Gasteiger partial charge in [-0.3, -0.25) is 4.79 Å². The van der Waals surface area contributed by atoms with Crippen LogP contribution in [0.4, 0.5) is 0 Å². The molecule has 2 nitrogen and oxygen atoms in total. The molecule has 5 atom stereocenters. The summed E-state index contributed by atoms with van der Waals surface area (Å²) in [5.74, 6) is 1.25. The summed E-state index contributed by atoms with van der Waals surface area (Å²) in [5.41, 5.74) is 0. The maximum Gasteiger partial charge on any atom is 0.145 e. The highest BCUT2D eigenvalue weighted by Crippen LogP contribution is 2.49. The SMILES string of the molecule is CCOC1CCC2C(=O)C3C[CH+]CCC3SC2C1. The molecule has 100 valence electrons. The first-order valence-electron chi connectivity index (χ1n) is 7.42. The van der Waals surface area contributed by atoms with Gasteiger partial charge in [0.15, 0.2) is 0 Å². The van der Waals surface area contributed by atoms with Crippen molar-refractivity contribution < 1.29 is 9.53 Å². The Morgan fingerprint density at radius 1 is 1.28 bits per heavy atom. The van der Waals surface area contributed by atoms with Gasteiger partial charge in [0.2, 0.25) is 0 Å². The summed E-state index contributed by atoms with van der Waals surface area (Å²) in [4.78, 5) is 12.6. The van der Waals surface area contributed by atoms with Gasteiger partial charge in [0.25, 0.3) is 0 Å². The highest BCUT2D eigenvalue weighted by molar-refractivity contribution is 8.00. The average molecular weight is 267 g/mol. The zero-order valence-electron chi connectivity index (χ0n) is 11.1. The molecule has 0 bridgehead atoms. The largest absolute Gasteiger partial charge is 0.378 e. The summed E-state index contributed by atoms with van der Waals surface area (Å²) in [7, 11) is 0. The number of fused-ring (bicyclic) bond motifs is 2. The van der Waals surface area contributed by atoms with E-state index in [0.29, 0.717) is 34.2 Å². The van der Waals surface area contributed by atoms with Gasteiger partial charge < -0.3 is 4.74 Å². The molecule has 0 N–H and O–H groups in total. The van der Waals surface area contributed by atoms with Gasteiger partial charge in [-0.2, -0.15) is 11.8 Å². The number of ether oxygens (including phenoxy) is 1. The van der Waals surface area contributed by atoms with Crippen LogP contribution in [-0.4, -0.2) is 29.0 Å². The van der Waals surface area contributed by atoms with Crippen molar-refractivity contribution in [3.8, 4) is 0 Å². The summed E-state index contributed by atoms with van der Waals surface area (Å²) in [6.45, 7) is 2.87. The van der Waals surface area contributed by atoms with Crippen molar-refractivity contribution in [1.82, 2.24) is 0 Å². The van der Waals surface area contributed by atoms with Gasteiger partial charge in [-0.05, 0) is 26.2 Å². The lowest BCUT2D eigenvalue weighted by Gasteiger charge is -2.44. The smallest absolute Gasteiger partial charge is 0.145 e. The summed E-state index contributed by atoms with van der Waals surface area (Å²) in [6.07, 6.45) is 9.43. The molecule has 18 heavy (non-hydrogen) atoms. The molecule has 3 fully saturated rings. The monoisotopic (exact) mass is 267 g/mol. The lowest BCUT2D eigenvalue weighted by atomic mass is 9.75. The zero-order chi connectivity index (χ0) is 12.5. The van der Waals surface area contributed by atoms with Gasteiger partial charge >= 0.3 is 0 Å². The number of rotatable bonds is 2. The minimum atomic E-state index is 0.333. The number of hydrogen-bond acceptors (Lipinski definition) is 3. The van der Waals surface area contributed by atoms with Crippen molar-refractivity contribution in [2.45, 2.75) is 62.1 Å². The number of carbonyl (C=O) groups is 1. The van der Waals surface area contributed by atoms with E-state index in [1.54, 1.807) is 0 Å². The fraction of sp³-hybridized carbons (Fsp3) is 0.867. The molecule has 0 amide bonds. The molecular formula is C15H23O2S+. The minimum Gasteiger partial charge on any atom is -0.378 e. The van der Waals surface area contributed by atoms with Crippen LogP contribution < -0.4 is 0 Å². The quantitative estimate of drug-likeness (QED) is 0.718. The topological polar surface area (TPSA) is 26.3 Å². The number of thioether (sulfide) groups is 1. The predicted molar refractivity (Wildman–Crippen MR) is 74.6 cm³/mol. The van der Waals surface area contributed by atoms with Crippen LogP contribution >= 0.6 is 11.8 Å². The molecule has 1 aliphatic heterocycles. The van der Waals surface area contributed by atoms with Crippen LogP contribution in [-0.2, 0) is 9.53 Å². The molecule has 0 aromatic carbocycles. The van der Waals surface area contributed by atoms with Crippen LogP contribution in [0, 0.1) is 18.3 Å². The predicted octanol–water partition coefficient (Wildman–Crippen LogP) is 3.25. The van der Waals surface area contributed by atoms with Crippen LogP contribution in [0.25, 0.3) is 0 Å². The lowest BCUT2D eigenvalue weighted by molar-refractivity contribution is -0.129. The Hall–Kier alpha value is -0.150. The highest BCUT2D eigenvalue weighted by Gasteiger charge is 2.49. The zero-order valence-corrected chi connectivity index (χ0v) is 12.0. The molecule has 0 aromatic heterocycles. The maximum absolute atomic E-state index is 12.6. The van der Waals surface area contributed by atoms with Crippen LogP contribution in [0.1, 0.15) is 45.4 Å². The Morgan fingerprint density at radius 3 is 3.00 bits per heavy atom. The molecule has 3 heteroatoms. The van der Waals surface area contributed by atoms with Crippen LogP contribution in [0.3, 0.4) is 0 Å². The van der Waals surface area contributed by atoms with Gasteiger partial charge in [0, 0.05) is 29.4 Å². The van der Waals surface area contributed by atoms with Gasteiger partial charge in [0.05, 0.1) is 31.3 Å². The third kappa shape index (κ3) is 2.32. The Balaban J connectivity index is 1.69. The number of hydrogen-bond donors (Lipinski definition) is 0. The van der Waals surface area contributed by atoms with Crippen molar-refractivity contribution >= 4 is 17.5 Å². The van der Waals surface area contributed by atoms with Crippen molar-refractivity contribution in [2.75, 3.05) is 6.61 Å². The van der Waals surface area contributed by atoms with Crippen molar-refractivity contribution in [3.05, 3.63) is 6.42 Å². The Bertz CT molecular complexity index is 318. The summed E-state index contributed by atoms with van der Waals surface area (Å²) >= 11 is 2.11. The fourth-order valence-corrected chi connectivity index (χ4v) is 5.79. The van der Waals surface area contributed by atoms with Gasteiger partial charge in [-0.25, -0.2) is 0 Å². The van der Waals surface area contributed by atoms with E-state index < -0.39 is 0 Å². The summed E-state index contributed by atoms with van der Waals surface area (Å²) < 4.78 is 5.77. The van der Waals surface area contributed by atoms with E-state index in [1.807, 2.05) is 0 Å². The first-order chi connectivity index (χ1) is 8.79. The van der Waals surface area contributed by atoms with E-state index in [-0.39, 0.29) is 0 Å². The average Bonchev–Trinajstić information content (AvgIpc) is 2.39. The van der Waals surface area contributed by atoms with E-state index in [4.69, 9.17) is 4.74 Å². The third-order valence-corrected chi connectivity index (χ3v) is 6.54. The van der Waals surface area contributed by atoms with Crippen LogP contribution in [0.2, 0.25) is 0 Å². The van der Waals surface area contributed by atoms with Gasteiger partial charge in [-0.15, -0.1) is 0 Å². The van der Waals surface area contributed by atoms with E-state index in [0.717, 1.165) is 32.3 Å². The first kappa shape index (κ1) is 12.9. The molecule has 0 radical (unpaired) electrons. The normalized spacial score (nSPS) is 43.8. The molecule has 3 aliphatic rings. The second-order valence-corrected chi connectivity index (χ2v) is 7.30. The molecule has 2 aliphatic carbocycles. The van der Waals surface area contributed by atoms with Crippen molar-refractivity contribution in [2.24, 2.45) is 11.8 Å². The van der Waals surface area contributed by atoms with Crippen molar-refractivity contribution in [3.63, 3.8) is 0 Å². The van der Waals surface area contributed by atoms with E-state index in [2.05, 4.69) is 25.1 Å². The third-order valence-electron chi connectivity index (χ3n) is 4.75. The molecule has 2 saturated carbocycles. The van der Waals surface area contributed by atoms with Crippen LogP contribution in [0.15, 0.2) is 0 Å². The fourth-order valence-electron chi connectivity index (χ4n) is 3.85. The molecule has 5 unspecified atom stereocenters. The molecule has 3 rings (SSSR count). The molecular weight excluding hydrogens is 244 g/mol. The molecule has 0 aromatic rings. The first-order valence-corrected chi connectivity index (χ1v) is 8.36. The number of ketones is 1. The second kappa shape index (κ2) is 5.46. The van der Waals surface area contributed by atoms with E-state index >= 15 is 0 Å². The highest BCUT2D eigenvalue weighted by atomic mass is 32.2. The Morgan fingerprint density at radius 2 is 2.17 bits per heavy atom. The van der Waals surface area contributed by atoms with Crippen molar-refractivity contribution in [1.29, 1.82) is 0 Å². The molecule has 1 heterocycles. The summed E-state index contributed by atoms with van der Waals surface area (Å²) in [6, 6.07) is 0. The standard InChI is InChI=1S/C15H23O2S/c1-2-17-10-7-8-12-14(9-10)18-13-6-4-3-5-11(13)15(12)16/h3,10-14H,2,4-9H2,1H3/q+1. The minimum absolute atomic E-state index is 0.333. The Labute approximate surface area is 114 Å². The summed E-state index contributed by atoms with van der Waals surface area (Å²) in [5, 5.41) is 1.14. The second-order valence-electron chi connectivity index (χ2n) is 5.82. The maximum atomic E-state index is 12.6. The number of carbonyl (C=O) groups excluding carboxylic acids is 1. The van der Waals surface area contributed by atoms with Gasteiger partial charge in [-0.1, -0.05) is 0 Å². The lowest BCUT2D eigenvalue weighted by Crippen LogP contribution is -2.47. The molecule has 1 saturated heterocycles. The van der Waals surface area contributed by atoms with E-state index in [9.17, 15) is 4.79 Å². The van der Waals surface area contributed by atoms with E-state index in [1.165, 1.54) is 12.8 Å². The molecule has 0 spiro atoms. The Kier molecular flexibility index (Phi) is 3.90. The van der Waals surface area contributed by atoms with Gasteiger partial charge in [0.1, 0.15) is 5.78 Å². The van der Waals surface area contributed by atoms with Crippen LogP contribution in [0.5, 0.6) is 0 Å².